The van der Waals surface area contributed by atoms with E-state index in [-0.39, 0.29) is 24.4 Å². The van der Waals surface area contributed by atoms with Gasteiger partial charge >= 0.3 is 5.97 Å². The van der Waals surface area contributed by atoms with Crippen LogP contribution in [0.15, 0.2) is 53.6 Å². The minimum atomic E-state index is -1.43. The summed E-state index contributed by atoms with van der Waals surface area (Å²) >= 11 is 0. The van der Waals surface area contributed by atoms with Crippen molar-refractivity contribution in [1.82, 2.24) is 0 Å². The number of carbonyl (C=O) groups is 3. The molecule has 1 aliphatic carbocycles. The molecule has 1 aliphatic rings. The van der Waals surface area contributed by atoms with Gasteiger partial charge in [0.1, 0.15) is 5.60 Å². The number of rotatable bonds is 7. The number of hydrogen-bond donors (Lipinski definition) is 1. The minimum absolute atomic E-state index is 0.0643. The number of aliphatic hydroxyl groups is 1. The van der Waals surface area contributed by atoms with E-state index in [1.807, 2.05) is 30.3 Å². The third-order valence-electron chi connectivity index (χ3n) is 3.75. The molecule has 0 bridgehead atoms. The van der Waals surface area contributed by atoms with E-state index in [0.717, 1.165) is 17.7 Å². The highest BCUT2D eigenvalue weighted by Crippen LogP contribution is 2.22. The van der Waals surface area contributed by atoms with E-state index in [1.165, 1.54) is 0 Å². The smallest absolute Gasteiger partial charge is 0.309 e. The standard InChI is InChI=1S/C21H24O6/c1-21(2,3)27-19(25)11-18(24)20-15(16(22)9-10-17(20)23)13-26-12-14-7-5-4-6-8-14/h4-10,18,24H,11-13H2,1-3H3. The Bertz CT molecular complexity index is 768. The summed E-state index contributed by atoms with van der Waals surface area (Å²) in [5.41, 5.74) is 0.161. The quantitative estimate of drug-likeness (QED) is 0.583. The summed E-state index contributed by atoms with van der Waals surface area (Å²) in [6.45, 7) is 5.24. The summed E-state index contributed by atoms with van der Waals surface area (Å²) in [7, 11) is 0. The van der Waals surface area contributed by atoms with Gasteiger partial charge in [-0.2, -0.15) is 0 Å². The van der Waals surface area contributed by atoms with Crippen molar-refractivity contribution in [3.8, 4) is 0 Å². The molecule has 0 spiro atoms. The number of benzene rings is 1. The predicted octanol–water partition coefficient (Wildman–Crippen LogP) is 2.30. The van der Waals surface area contributed by atoms with E-state index in [4.69, 9.17) is 9.47 Å². The van der Waals surface area contributed by atoms with E-state index in [1.54, 1.807) is 20.8 Å². The Labute approximate surface area is 158 Å². The first kappa shape index (κ1) is 20.7. The van der Waals surface area contributed by atoms with E-state index in [9.17, 15) is 19.5 Å². The lowest BCUT2D eigenvalue weighted by Crippen LogP contribution is -2.31. The van der Waals surface area contributed by atoms with Crippen LogP contribution in [0.5, 0.6) is 0 Å². The van der Waals surface area contributed by atoms with Crippen LogP contribution in [0.3, 0.4) is 0 Å². The van der Waals surface area contributed by atoms with Crippen LogP contribution < -0.4 is 0 Å². The zero-order chi connectivity index (χ0) is 20.0. The largest absolute Gasteiger partial charge is 0.460 e. The molecule has 6 heteroatoms. The summed E-state index contributed by atoms with van der Waals surface area (Å²) in [4.78, 5) is 36.4. The molecule has 6 nitrogen and oxygen atoms in total. The monoisotopic (exact) mass is 372 g/mol. The molecule has 0 aliphatic heterocycles. The summed E-state index contributed by atoms with van der Waals surface area (Å²) in [6.07, 6.45) is 0.391. The number of hydrogen-bond acceptors (Lipinski definition) is 6. The Balaban J connectivity index is 2.11. The molecule has 0 saturated heterocycles. The van der Waals surface area contributed by atoms with Gasteiger partial charge in [0.2, 0.25) is 0 Å². The average Bonchev–Trinajstić information content (AvgIpc) is 2.57. The molecule has 1 aromatic carbocycles. The molecule has 0 amide bonds. The fraction of sp³-hybridized carbons (Fsp3) is 0.381. The first-order valence-electron chi connectivity index (χ1n) is 8.69. The van der Waals surface area contributed by atoms with E-state index < -0.39 is 35.7 Å². The number of ether oxygens (including phenoxy) is 2. The van der Waals surface area contributed by atoms with Crippen molar-refractivity contribution in [3.05, 3.63) is 59.2 Å². The van der Waals surface area contributed by atoms with E-state index >= 15 is 0 Å². The Hall–Kier alpha value is -2.57. The van der Waals surface area contributed by atoms with Crippen LogP contribution in [0.25, 0.3) is 0 Å². The van der Waals surface area contributed by atoms with Crippen LogP contribution in [0.4, 0.5) is 0 Å². The van der Waals surface area contributed by atoms with Gasteiger partial charge in [-0.1, -0.05) is 30.3 Å². The molecule has 144 valence electrons. The highest BCUT2D eigenvalue weighted by atomic mass is 16.6. The summed E-state index contributed by atoms with van der Waals surface area (Å²) < 4.78 is 10.7. The second-order valence-corrected chi connectivity index (χ2v) is 7.24. The van der Waals surface area contributed by atoms with Crippen LogP contribution in [-0.4, -0.2) is 41.0 Å². The summed E-state index contributed by atoms with van der Waals surface area (Å²) in [6, 6.07) is 9.37. The molecule has 0 aromatic heterocycles. The zero-order valence-electron chi connectivity index (χ0n) is 15.7. The maximum atomic E-state index is 12.2. The number of allylic oxidation sites excluding steroid dienone is 2. The Morgan fingerprint density at radius 3 is 2.30 bits per heavy atom. The third kappa shape index (κ3) is 6.27. The van der Waals surface area contributed by atoms with Gasteiger partial charge in [-0.05, 0) is 38.5 Å². The molecule has 1 N–H and O–H groups in total. The Kier molecular flexibility index (Phi) is 6.82. The molecule has 1 unspecified atom stereocenters. The second-order valence-electron chi connectivity index (χ2n) is 7.24. The molecular weight excluding hydrogens is 348 g/mol. The van der Waals surface area contributed by atoms with Gasteiger partial charge in [-0.15, -0.1) is 0 Å². The first-order chi connectivity index (χ1) is 12.7. The van der Waals surface area contributed by atoms with E-state index in [2.05, 4.69) is 0 Å². The molecule has 1 atom stereocenters. The van der Waals surface area contributed by atoms with Gasteiger partial charge in [-0.25, -0.2) is 0 Å². The molecule has 1 aromatic rings. The molecular formula is C21H24O6. The minimum Gasteiger partial charge on any atom is -0.460 e. The highest BCUT2D eigenvalue weighted by Gasteiger charge is 2.30. The van der Waals surface area contributed by atoms with Crippen molar-refractivity contribution >= 4 is 17.5 Å². The number of esters is 1. The van der Waals surface area contributed by atoms with Crippen molar-refractivity contribution in [2.75, 3.05) is 6.61 Å². The number of carbonyl (C=O) groups excluding carboxylic acids is 3. The van der Waals surface area contributed by atoms with Crippen molar-refractivity contribution in [1.29, 1.82) is 0 Å². The molecule has 0 fully saturated rings. The van der Waals surface area contributed by atoms with Crippen LogP contribution in [-0.2, 0) is 30.5 Å². The first-order valence-corrected chi connectivity index (χ1v) is 8.69. The highest BCUT2D eigenvalue weighted by molar-refractivity contribution is 6.20. The van der Waals surface area contributed by atoms with Gasteiger partial charge in [0.25, 0.3) is 0 Å². The van der Waals surface area contributed by atoms with Gasteiger partial charge in [0.05, 0.1) is 25.7 Å². The van der Waals surface area contributed by atoms with Crippen LogP contribution in [0.2, 0.25) is 0 Å². The lowest BCUT2D eigenvalue weighted by Gasteiger charge is -2.22. The number of ketones is 2. The molecule has 2 rings (SSSR count). The lowest BCUT2D eigenvalue weighted by atomic mass is 9.90. The summed E-state index contributed by atoms with van der Waals surface area (Å²) in [5.74, 6) is -1.58. The van der Waals surface area contributed by atoms with Crippen molar-refractivity contribution < 1.29 is 29.0 Å². The van der Waals surface area contributed by atoms with Crippen molar-refractivity contribution in [2.24, 2.45) is 0 Å². The second kappa shape index (κ2) is 8.88. The van der Waals surface area contributed by atoms with Gasteiger partial charge in [0.15, 0.2) is 11.6 Å². The van der Waals surface area contributed by atoms with Crippen LogP contribution >= 0.6 is 0 Å². The van der Waals surface area contributed by atoms with Crippen LogP contribution in [0.1, 0.15) is 32.8 Å². The number of aliphatic hydroxyl groups excluding tert-OH is 1. The Morgan fingerprint density at radius 1 is 1.04 bits per heavy atom. The fourth-order valence-electron chi connectivity index (χ4n) is 2.63. The molecule has 0 saturated carbocycles. The van der Waals surface area contributed by atoms with Crippen molar-refractivity contribution in [2.45, 2.75) is 45.5 Å². The van der Waals surface area contributed by atoms with Crippen LogP contribution in [0, 0.1) is 0 Å². The van der Waals surface area contributed by atoms with E-state index in [0.29, 0.717) is 0 Å². The maximum absolute atomic E-state index is 12.2. The average molecular weight is 372 g/mol. The normalized spacial score (nSPS) is 15.9. The topological polar surface area (TPSA) is 89.9 Å². The maximum Gasteiger partial charge on any atom is 0.309 e. The zero-order valence-corrected chi connectivity index (χ0v) is 15.7. The fourth-order valence-corrected chi connectivity index (χ4v) is 2.63. The third-order valence-corrected chi connectivity index (χ3v) is 3.75. The SMILES string of the molecule is CC(C)(C)OC(=O)CC(O)C1=C(COCc2ccccc2)C(=O)C=CC1=O. The molecule has 0 heterocycles. The predicted molar refractivity (Wildman–Crippen MR) is 98.7 cm³/mol. The van der Waals surface area contributed by atoms with Gasteiger partial charge in [-0.3, -0.25) is 14.4 Å². The summed E-state index contributed by atoms with van der Waals surface area (Å²) in [5, 5.41) is 10.4. The molecule has 27 heavy (non-hydrogen) atoms. The Morgan fingerprint density at radius 2 is 1.67 bits per heavy atom. The molecule has 0 radical (unpaired) electrons. The van der Waals surface area contributed by atoms with Crippen molar-refractivity contribution in [3.63, 3.8) is 0 Å². The van der Waals surface area contributed by atoms with Gasteiger partial charge in [0, 0.05) is 11.1 Å². The van der Waals surface area contributed by atoms with Gasteiger partial charge < -0.3 is 14.6 Å². The lowest BCUT2D eigenvalue weighted by molar-refractivity contribution is -0.156.